The van der Waals surface area contributed by atoms with E-state index in [2.05, 4.69) is 6.07 Å². The van der Waals surface area contributed by atoms with Crippen LogP contribution in [0.15, 0.2) is 17.5 Å². The number of hydrogen-bond donors (Lipinski definition) is 1. The maximum Gasteiger partial charge on any atom is 0.328 e. The van der Waals surface area contributed by atoms with Gasteiger partial charge in [-0.2, -0.15) is 5.26 Å². The van der Waals surface area contributed by atoms with E-state index in [4.69, 9.17) is 10.4 Å². The number of aliphatic carboxylic acids is 1. The van der Waals surface area contributed by atoms with E-state index >= 15 is 0 Å². The van der Waals surface area contributed by atoms with Crippen molar-refractivity contribution in [2.24, 2.45) is 5.92 Å². The van der Waals surface area contributed by atoms with Crippen LogP contribution in [0.25, 0.3) is 6.08 Å². The summed E-state index contributed by atoms with van der Waals surface area (Å²) in [5, 5.41) is 18.9. The van der Waals surface area contributed by atoms with Crippen LogP contribution < -0.4 is 0 Å². The summed E-state index contributed by atoms with van der Waals surface area (Å²) in [5.41, 5.74) is 0.502. The predicted molar refractivity (Wildman–Crippen MR) is 72.7 cm³/mol. The molecule has 0 saturated heterocycles. The number of rotatable bonds is 5. The Hall–Kier alpha value is -2.13. The Balaban J connectivity index is 2.73. The minimum Gasteiger partial charge on any atom is -0.478 e. The Morgan fingerprint density at radius 2 is 2.32 bits per heavy atom. The Bertz CT molecular complexity index is 542. The van der Waals surface area contributed by atoms with Gasteiger partial charge in [-0.3, -0.25) is 4.79 Å². The van der Waals surface area contributed by atoms with E-state index < -0.39 is 5.97 Å². The van der Waals surface area contributed by atoms with Gasteiger partial charge in [0.25, 0.3) is 5.91 Å². The standard InChI is InChI=1S/C13H14N2O3S/c1-9(6-14)7-15(2)13(18)10-5-11(19-8-10)3-4-12(16)17/h3-5,8-9H,7H2,1-2H3,(H,16,17). The molecule has 0 aliphatic heterocycles. The third-order valence-corrected chi connectivity index (χ3v) is 3.27. The summed E-state index contributed by atoms with van der Waals surface area (Å²) in [7, 11) is 1.64. The number of hydrogen-bond acceptors (Lipinski definition) is 4. The maximum absolute atomic E-state index is 12.0. The second-order valence-corrected chi connectivity index (χ2v) is 5.07. The molecule has 1 rings (SSSR count). The summed E-state index contributed by atoms with van der Waals surface area (Å²) in [5.74, 6) is -1.42. The molecule has 19 heavy (non-hydrogen) atoms. The first-order valence-corrected chi connectivity index (χ1v) is 6.46. The summed E-state index contributed by atoms with van der Waals surface area (Å²) >= 11 is 1.30. The van der Waals surface area contributed by atoms with Gasteiger partial charge in [-0.1, -0.05) is 0 Å². The molecule has 0 fully saturated rings. The zero-order valence-electron chi connectivity index (χ0n) is 10.7. The molecular weight excluding hydrogens is 264 g/mol. The number of carboxylic acid groups (broad SMARTS) is 1. The van der Waals surface area contributed by atoms with E-state index in [1.54, 1.807) is 25.4 Å². The lowest BCUT2D eigenvalue weighted by atomic mass is 10.2. The van der Waals surface area contributed by atoms with Gasteiger partial charge in [0, 0.05) is 29.9 Å². The molecule has 6 heteroatoms. The van der Waals surface area contributed by atoms with Gasteiger partial charge in [0.05, 0.1) is 17.6 Å². The summed E-state index contributed by atoms with van der Waals surface area (Å²) in [6.45, 7) is 2.11. The molecule has 1 heterocycles. The molecule has 0 spiro atoms. The highest BCUT2D eigenvalue weighted by molar-refractivity contribution is 7.11. The highest BCUT2D eigenvalue weighted by atomic mass is 32.1. The Kier molecular flexibility index (Phi) is 5.27. The predicted octanol–water partition coefficient (Wildman–Crippen LogP) is 2.08. The van der Waals surface area contributed by atoms with Gasteiger partial charge < -0.3 is 10.0 Å². The van der Waals surface area contributed by atoms with E-state index in [9.17, 15) is 9.59 Å². The zero-order chi connectivity index (χ0) is 14.4. The number of nitrogens with zero attached hydrogens (tertiary/aromatic N) is 2. The Morgan fingerprint density at radius 3 is 2.89 bits per heavy atom. The third kappa shape index (κ3) is 4.56. The third-order valence-electron chi connectivity index (χ3n) is 2.37. The smallest absolute Gasteiger partial charge is 0.328 e. The normalized spacial score (nSPS) is 12.1. The van der Waals surface area contributed by atoms with E-state index in [0.29, 0.717) is 17.0 Å². The SMILES string of the molecule is CC(C#N)CN(C)C(=O)c1csc(C=CC(=O)O)c1. The first-order valence-electron chi connectivity index (χ1n) is 5.58. The van der Waals surface area contributed by atoms with Crippen LogP contribution in [0, 0.1) is 17.2 Å². The van der Waals surface area contributed by atoms with Gasteiger partial charge in [-0.15, -0.1) is 11.3 Å². The second kappa shape index (κ2) is 6.71. The molecular formula is C13H14N2O3S. The van der Waals surface area contributed by atoms with Crippen LogP contribution in [-0.2, 0) is 4.79 Å². The molecule has 0 aliphatic carbocycles. The minimum absolute atomic E-state index is 0.173. The number of thiophene rings is 1. The van der Waals surface area contributed by atoms with Crippen molar-refractivity contribution in [2.45, 2.75) is 6.92 Å². The Morgan fingerprint density at radius 1 is 1.63 bits per heavy atom. The second-order valence-electron chi connectivity index (χ2n) is 4.13. The number of nitriles is 1. The fourth-order valence-corrected chi connectivity index (χ4v) is 2.23. The first-order chi connectivity index (χ1) is 8.93. The van der Waals surface area contributed by atoms with Gasteiger partial charge in [0.1, 0.15) is 0 Å². The molecule has 0 aromatic carbocycles. The van der Waals surface area contributed by atoms with Crippen LogP contribution in [0.4, 0.5) is 0 Å². The van der Waals surface area contributed by atoms with Gasteiger partial charge in [0.2, 0.25) is 0 Å². The van der Waals surface area contributed by atoms with Crippen LogP contribution in [-0.4, -0.2) is 35.5 Å². The minimum atomic E-state index is -1.03. The van der Waals surface area contributed by atoms with Crippen molar-refractivity contribution in [1.29, 1.82) is 5.26 Å². The lowest BCUT2D eigenvalue weighted by Crippen LogP contribution is -2.30. The molecule has 1 N–H and O–H groups in total. The van der Waals surface area contributed by atoms with Crippen molar-refractivity contribution in [2.75, 3.05) is 13.6 Å². The molecule has 1 atom stereocenters. The van der Waals surface area contributed by atoms with Crippen molar-refractivity contribution < 1.29 is 14.7 Å². The van der Waals surface area contributed by atoms with Crippen molar-refractivity contribution in [1.82, 2.24) is 4.90 Å². The number of carbonyl (C=O) groups is 2. The molecule has 0 aliphatic rings. The largest absolute Gasteiger partial charge is 0.478 e. The van der Waals surface area contributed by atoms with Crippen LogP contribution in [0.2, 0.25) is 0 Å². The molecule has 1 amide bonds. The average molecular weight is 278 g/mol. The van der Waals surface area contributed by atoms with E-state index in [1.807, 2.05) is 0 Å². The van der Waals surface area contributed by atoms with Gasteiger partial charge in [-0.05, 0) is 19.1 Å². The molecule has 1 aromatic heterocycles. The summed E-state index contributed by atoms with van der Waals surface area (Å²) in [6, 6.07) is 3.71. The van der Waals surface area contributed by atoms with Crippen LogP contribution in [0.1, 0.15) is 22.2 Å². The molecule has 100 valence electrons. The van der Waals surface area contributed by atoms with Gasteiger partial charge in [-0.25, -0.2) is 4.79 Å². The molecule has 0 saturated carbocycles. The lowest BCUT2D eigenvalue weighted by Gasteiger charge is -2.17. The van der Waals surface area contributed by atoms with E-state index in [1.165, 1.54) is 22.3 Å². The zero-order valence-corrected chi connectivity index (χ0v) is 11.5. The number of amides is 1. The number of carbonyl (C=O) groups excluding carboxylic acids is 1. The van der Waals surface area contributed by atoms with Crippen LogP contribution in [0.3, 0.4) is 0 Å². The average Bonchev–Trinajstić information content (AvgIpc) is 2.83. The summed E-state index contributed by atoms with van der Waals surface area (Å²) in [4.78, 5) is 24.6. The number of carboxylic acids is 1. The summed E-state index contributed by atoms with van der Waals surface area (Å²) < 4.78 is 0. The Labute approximate surface area is 115 Å². The highest BCUT2D eigenvalue weighted by Crippen LogP contribution is 2.18. The lowest BCUT2D eigenvalue weighted by molar-refractivity contribution is -0.131. The van der Waals surface area contributed by atoms with Crippen molar-refractivity contribution in [3.63, 3.8) is 0 Å². The molecule has 0 radical (unpaired) electrons. The van der Waals surface area contributed by atoms with E-state index in [0.717, 1.165) is 6.08 Å². The molecule has 5 nitrogen and oxygen atoms in total. The monoisotopic (exact) mass is 278 g/mol. The highest BCUT2D eigenvalue weighted by Gasteiger charge is 2.15. The maximum atomic E-state index is 12.0. The topological polar surface area (TPSA) is 81.4 Å². The molecule has 1 unspecified atom stereocenters. The van der Waals surface area contributed by atoms with Crippen molar-refractivity contribution in [3.05, 3.63) is 28.0 Å². The molecule has 0 bridgehead atoms. The van der Waals surface area contributed by atoms with Crippen molar-refractivity contribution in [3.8, 4) is 6.07 Å². The van der Waals surface area contributed by atoms with Crippen LogP contribution in [0.5, 0.6) is 0 Å². The first kappa shape index (κ1) is 14.9. The van der Waals surface area contributed by atoms with E-state index in [-0.39, 0.29) is 11.8 Å². The fourth-order valence-electron chi connectivity index (χ4n) is 1.46. The fraction of sp³-hybridized carbons (Fsp3) is 0.308. The van der Waals surface area contributed by atoms with Gasteiger partial charge in [0.15, 0.2) is 0 Å². The quantitative estimate of drug-likeness (QED) is 0.836. The summed E-state index contributed by atoms with van der Waals surface area (Å²) in [6.07, 6.45) is 2.48. The van der Waals surface area contributed by atoms with Crippen LogP contribution >= 0.6 is 11.3 Å². The van der Waals surface area contributed by atoms with Crippen molar-refractivity contribution >= 4 is 29.3 Å². The molecule has 1 aromatic rings. The van der Waals surface area contributed by atoms with Gasteiger partial charge >= 0.3 is 5.97 Å².